The third kappa shape index (κ3) is 6.03. The Morgan fingerprint density at radius 3 is 2.48 bits per heavy atom. The summed E-state index contributed by atoms with van der Waals surface area (Å²) in [4.78, 5) is 25.6. The number of rotatable bonds is 7. The van der Waals surface area contributed by atoms with E-state index in [1.807, 2.05) is 33.3 Å². The molecule has 2 saturated heterocycles. The Balaban J connectivity index is 1.40. The van der Waals surface area contributed by atoms with Gasteiger partial charge in [0.05, 0.1) is 13.2 Å². The fourth-order valence-electron chi connectivity index (χ4n) is 4.46. The van der Waals surface area contributed by atoms with Crippen molar-refractivity contribution in [1.29, 1.82) is 0 Å². The number of hydrogen-bond acceptors (Lipinski definition) is 5. The molecule has 2 heterocycles. The van der Waals surface area contributed by atoms with Crippen molar-refractivity contribution in [3.63, 3.8) is 0 Å². The molecule has 8 nitrogen and oxygen atoms in total. The molecular formula is C23H38N6O2. The first-order valence-electron chi connectivity index (χ1n) is 11.3. The van der Waals surface area contributed by atoms with Gasteiger partial charge in [0.15, 0.2) is 5.96 Å². The van der Waals surface area contributed by atoms with Gasteiger partial charge in [0.1, 0.15) is 5.75 Å². The van der Waals surface area contributed by atoms with Crippen molar-refractivity contribution >= 4 is 17.6 Å². The predicted molar refractivity (Wildman–Crippen MR) is 126 cm³/mol. The van der Waals surface area contributed by atoms with Crippen LogP contribution < -0.4 is 15.0 Å². The van der Waals surface area contributed by atoms with Gasteiger partial charge in [0.25, 0.3) is 0 Å². The molecule has 1 amide bonds. The molecule has 172 valence electrons. The van der Waals surface area contributed by atoms with E-state index < -0.39 is 0 Å². The molecule has 2 fully saturated rings. The minimum absolute atomic E-state index is 0.0559. The normalized spacial score (nSPS) is 20.1. The molecule has 0 bridgehead atoms. The van der Waals surface area contributed by atoms with Crippen molar-refractivity contribution in [3.05, 3.63) is 24.3 Å². The van der Waals surface area contributed by atoms with Crippen molar-refractivity contribution in [2.75, 3.05) is 79.0 Å². The van der Waals surface area contributed by atoms with Crippen molar-refractivity contribution in [3.8, 4) is 5.75 Å². The van der Waals surface area contributed by atoms with Gasteiger partial charge in [-0.1, -0.05) is 0 Å². The molecular weight excluding hydrogens is 392 g/mol. The minimum atomic E-state index is 0.0559. The number of nitrogens with zero attached hydrogens (tertiary/aromatic N) is 5. The molecule has 2 aliphatic heterocycles. The second-order valence-corrected chi connectivity index (χ2v) is 8.43. The number of likely N-dealkylation sites (N-methyl/N-ethyl adjacent to an activating group) is 1. The number of anilines is 1. The molecule has 8 heteroatoms. The van der Waals surface area contributed by atoms with E-state index in [1.54, 1.807) is 12.0 Å². The molecule has 1 N–H and O–H groups in total. The number of amides is 1. The van der Waals surface area contributed by atoms with Crippen LogP contribution in [0.25, 0.3) is 0 Å². The first kappa shape index (κ1) is 23.2. The predicted octanol–water partition coefficient (Wildman–Crippen LogP) is 1.34. The monoisotopic (exact) mass is 430 g/mol. The number of aliphatic imine (C=N–C) groups is 1. The molecule has 1 aromatic carbocycles. The van der Waals surface area contributed by atoms with Gasteiger partial charge < -0.3 is 24.8 Å². The zero-order valence-electron chi connectivity index (χ0n) is 19.5. The molecule has 31 heavy (non-hydrogen) atoms. The van der Waals surface area contributed by atoms with Gasteiger partial charge in [-0.25, -0.2) is 0 Å². The number of guanidine groups is 1. The van der Waals surface area contributed by atoms with Crippen LogP contribution in [-0.2, 0) is 4.79 Å². The molecule has 0 saturated carbocycles. The maximum Gasteiger partial charge on any atom is 0.239 e. The highest BCUT2D eigenvalue weighted by Gasteiger charge is 2.31. The van der Waals surface area contributed by atoms with Crippen molar-refractivity contribution in [1.82, 2.24) is 20.0 Å². The zero-order chi connectivity index (χ0) is 22.2. The summed E-state index contributed by atoms with van der Waals surface area (Å²) in [5.74, 6) is 2.09. The average Bonchev–Trinajstić information content (AvgIpc) is 3.27. The van der Waals surface area contributed by atoms with Crippen LogP contribution >= 0.6 is 0 Å². The van der Waals surface area contributed by atoms with Gasteiger partial charge >= 0.3 is 0 Å². The van der Waals surface area contributed by atoms with Gasteiger partial charge in [-0.2, -0.15) is 0 Å². The van der Waals surface area contributed by atoms with Crippen LogP contribution in [0.5, 0.6) is 5.75 Å². The van der Waals surface area contributed by atoms with E-state index in [0.29, 0.717) is 0 Å². The summed E-state index contributed by atoms with van der Waals surface area (Å²) in [6.07, 6.45) is 3.09. The van der Waals surface area contributed by atoms with Gasteiger partial charge in [0, 0.05) is 66.1 Å². The number of piperazine rings is 1. The Morgan fingerprint density at radius 1 is 1.16 bits per heavy atom. The van der Waals surface area contributed by atoms with Crippen LogP contribution in [-0.4, -0.2) is 107 Å². The lowest BCUT2D eigenvalue weighted by molar-refractivity contribution is -0.133. The fourth-order valence-corrected chi connectivity index (χ4v) is 4.46. The van der Waals surface area contributed by atoms with Gasteiger partial charge in [-0.3, -0.25) is 14.7 Å². The molecule has 2 aliphatic rings. The smallest absolute Gasteiger partial charge is 0.239 e. The molecule has 0 spiro atoms. The number of carbonyl (C=O) groups excluding carboxylic acids is 1. The van der Waals surface area contributed by atoms with Crippen molar-refractivity contribution < 1.29 is 9.53 Å². The second kappa shape index (κ2) is 11.2. The number of methoxy groups -OCH3 is 1. The van der Waals surface area contributed by atoms with E-state index >= 15 is 0 Å². The van der Waals surface area contributed by atoms with E-state index in [4.69, 9.17) is 4.74 Å². The van der Waals surface area contributed by atoms with Gasteiger partial charge in [-0.05, 0) is 50.1 Å². The van der Waals surface area contributed by atoms with E-state index in [0.717, 1.165) is 76.8 Å². The van der Waals surface area contributed by atoms with Crippen LogP contribution in [0.1, 0.15) is 19.3 Å². The lowest BCUT2D eigenvalue weighted by atomic mass is 10.2. The lowest BCUT2D eigenvalue weighted by Crippen LogP contribution is -2.52. The Bertz CT molecular complexity index is 728. The molecule has 1 atom stereocenters. The van der Waals surface area contributed by atoms with Crippen LogP contribution in [0.3, 0.4) is 0 Å². The maximum atomic E-state index is 12.3. The van der Waals surface area contributed by atoms with Crippen molar-refractivity contribution in [2.24, 2.45) is 4.99 Å². The zero-order valence-corrected chi connectivity index (χ0v) is 19.5. The molecule has 0 radical (unpaired) electrons. The largest absolute Gasteiger partial charge is 0.497 e. The molecule has 0 aromatic heterocycles. The SMILES string of the molecule is CN=C(NCCCN1CCCC1C(=O)N(C)C)N1CCN(c2ccc(OC)cc2)CC1. The molecule has 1 unspecified atom stereocenters. The summed E-state index contributed by atoms with van der Waals surface area (Å²) in [6, 6.07) is 8.32. The highest BCUT2D eigenvalue weighted by atomic mass is 16.5. The van der Waals surface area contributed by atoms with E-state index in [1.165, 1.54) is 5.69 Å². The summed E-state index contributed by atoms with van der Waals surface area (Å²) in [5.41, 5.74) is 1.23. The summed E-state index contributed by atoms with van der Waals surface area (Å²) in [7, 11) is 7.24. The molecule has 3 rings (SSSR count). The highest BCUT2D eigenvalue weighted by molar-refractivity contribution is 5.81. The van der Waals surface area contributed by atoms with E-state index in [-0.39, 0.29) is 11.9 Å². The topological polar surface area (TPSA) is 63.7 Å². The standard InChI is InChI=1S/C23H38N6O2/c1-24-23(25-12-6-14-28-13-5-7-21(28)22(30)26(2)3)29-17-15-27(16-18-29)19-8-10-20(31-4)11-9-19/h8-11,21H,5-7,12-18H2,1-4H3,(H,24,25). The number of likely N-dealkylation sites (tertiary alicyclic amines) is 1. The third-order valence-corrected chi connectivity index (χ3v) is 6.22. The van der Waals surface area contributed by atoms with Gasteiger partial charge in [-0.15, -0.1) is 0 Å². The summed E-state index contributed by atoms with van der Waals surface area (Å²) in [5, 5.41) is 3.52. The average molecular weight is 431 g/mol. The number of nitrogens with one attached hydrogen (secondary N) is 1. The first-order chi connectivity index (χ1) is 15.0. The van der Waals surface area contributed by atoms with Crippen molar-refractivity contribution in [2.45, 2.75) is 25.3 Å². The highest BCUT2D eigenvalue weighted by Crippen LogP contribution is 2.21. The second-order valence-electron chi connectivity index (χ2n) is 8.43. The van der Waals surface area contributed by atoms with E-state index in [9.17, 15) is 4.79 Å². The summed E-state index contributed by atoms with van der Waals surface area (Å²) in [6.45, 7) is 6.65. The van der Waals surface area contributed by atoms with Crippen LogP contribution in [0.15, 0.2) is 29.3 Å². The molecule has 0 aliphatic carbocycles. The Kier molecular flexibility index (Phi) is 8.40. The molecule has 1 aromatic rings. The third-order valence-electron chi connectivity index (χ3n) is 6.22. The van der Waals surface area contributed by atoms with Crippen LogP contribution in [0.4, 0.5) is 5.69 Å². The maximum absolute atomic E-state index is 12.3. The number of carbonyl (C=O) groups is 1. The number of benzene rings is 1. The van der Waals surface area contributed by atoms with Crippen LogP contribution in [0.2, 0.25) is 0 Å². The van der Waals surface area contributed by atoms with E-state index in [2.05, 4.69) is 37.1 Å². The fraction of sp³-hybridized carbons (Fsp3) is 0.652. The number of ether oxygens (including phenoxy) is 1. The van der Waals surface area contributed by atoms with Gasteiger partial charge in [0.2, 0.25) is 5.91 Å². The lowest BCUT2D eigenvalue weighted by Gasteiger charge is -2.37. The first-order valence-corrected chi connectivity index (χ1v) is 11.3. The van der Waals surface area contributed by atoms with Crippen LogP contribution in [0, 0.1) is 0 Å². The Hall–Kier alpha value is -2.48. The quantitative estimate of drug-likeness (QED) is 0.400. The minimum Gasteiger partial charge on any atom is -0.497 e. The number of hydrogen-bond donors (Lipinski definition) is 1. The summed E-state index contributed by atoms with van der Waals surface area (Å²) >= 11 is 0. The summed E-state index contributed by atoms with van der Waals surface area (Å²) < 4.78 is 5.25. The Morgan fingerprint density at radius 2 is 1.87 bits per heavy atom. The Labute approximate surface area is 186 Å².